The molecule has 0 bridgehead atoms. The van der Waals surface area contributed by atoms with Crippen molar-refractivity contribution >= 4 is 29.1 Å². The molecule has 1 saturated heterocycles. The second-order valence-corrected chi connectivity index (χ2v) is 7.85. The predicted octanol–water partition coefficient (Wildman–Crippen LogP) is 4.44. The molecule has 0 unspecified atom stereocenters. The molecule has 1 aromatic carbocycles. The van der Waals surface area contributed by atoms with Crippen molar-refractivity contribution in [2.75, 3.05) is 20.3 Å². The van der Waals surface area contributed by atoms with Crippen molar-refractivity contribution in [2.45, 2.75) is 22.1 Å². The van der Waals surface area contributed by atoms with Gasteiger partial charge in [-0.25, -0.2) is 0 Å². The first-order chi connectivity index (χ1) is 13.8. The van der Waals surface area contributed by atoms with Gasteiger partial charge in [0.15, 0.2) is 10.2 Å². The number of aromatic nitrogens is 1. The number of thiocarbonyl (C=S) groups is 1. The molecule has 28 heavy (non-hydrogen) atoms. The number of benzene rings is 1. The summed E-state index contributed by atoms with van der Waals surface area (Å²) in [6.45, 7) is 1.26. The van der Waals surface area contributed by atoms with E-state index in [-0.39, 0.29) is 12.1 Å². The molecule has 2 atom stereocenters. The number of nitrogens with one attached hydrogen (secondary N) is 1. The molecule has 1 N–H and O–H groups in total. The van der Waals surface area contributed by atoms with E-state index >= 15 is 0 Å². The molecule has 0 amide bonds. The van der Waals surface area contributed by atoms with Gasteiger partial charge < -0.3 is 19.4 Å². The highest BCUT2D eigenvalue weighted by molar-refractivity contribution is 7.99. The Morgan fingerprint density at radius 3 is 2.71 bits per heavy atom. The maximum atomic E-state index is 6.23. The van der Waals surface area contributed by atoms with E-state index in [9.17, 15) is 0 Å². The van der Waals surface area contributed by atoms with Gasteiger partial charge in [-0.2, -0.15) is 0 Å². The summed E-state index contributed by atoms with van der Waals surface area (Å²) in [7, 11) is 1.69. The van der Waals surface area contributed by atoms with E-state index in [4.69, 9.17) is 21.4 Å². The molecule has 0 saturated carbocycles. The molecule has 3 aromatic rings. The van der Waals surface area contributed by atoms with Crippen LogP contribution in [0.5, 0.6) is 0 Å². The zero-order valence-corrected chi connectivity index (χ0v) is 17.1. The Morgan fingerprint density at radius 2 is 1.96 bits per heavy atom. The maximum absolute atomic E-state index is 6.23. The number of ether oxygens (including phenoxy) is 1. The van der Waals surface area contributed by atoms with E-state index < -0.39 is 0 Å². The average Bonchev–Trinajstić information content (AvgIpc) is 3.31. The Kier molecular flexibility index (Phi) is 5.95. The van der Waals surface area contributed by atoms with Gasteiger partial charge in [-0.3, -0.25) is 4.98 Å². The zero-order chi connectivity index (χ0) is 19.3. The smallest absolute Gasteiger partial charge is 0.170 e. The third kappa shape index (κ3) is 4.06. The molecule has 2 aromatic heterocycles. The monoisotopic (exact) mass is 411 g/mol. The second-order valence-electron chi connectivity index (χ2n) is 6.38. The highest BCUT2D eigenvalue weighted by Crippen LogP contribution is 2.40. The first-order valence-corrected chi connectivity index (χ1v) is 10.3. The van der Waals surface area contributed by atoms with Crippen LogP contribution in [0.15, 0.2) is 81.3 Å². The molecular formula is C21H21N3O2S2. The largest absolute Gasteiger partial charge is 0.452 e. The van der Waals surface area contributed by atoms with Gasteiger partial charge in [0, 0.05) is 24.7 Å². The number of furan rings is 1. The van der Waals surface area contributed by atoms with E-state index in [1.54, 1.807) is 25.1 Å². The van der Waals surface area contributed by atoms with Gasteiger partial charge in [0.2, 0.25) is 0 Å². The maximum Gasteiger partial charge on any atom is 0.170 e. The van der Waals surface area contributed by atoms with E-state index in [0.717, 1.165) is 21.4 Å². The lowest BCUT2D eigenvalue weighted by Crippen LogP contribution is -2.32. The quantitative estimate of drug-likeness (QED) is 0.577. The Morgan fingerprint density at radius 1 is 1.14 bits per heavy atom. The first kappa shape index (κ1) is 19.0. The molecular weight excluding hydrogens is 390 g/mol. The van der Waals surface area contributed by atoms with Crippen LogP contribution in [0.25, 0.3) is 0 Å². The van der Waals surface area contributed by atoms with Crippen molar-refractivity contribution in [1.29, 1.82) is 0 Å². The van der Waals surface area contributed by atoms with Crippen molar-refractivity contribution < 1.29 is 9.15 Å². The third-order valence-electron chi connectivity index (χ3n) is 4.59. The minimum Gasteiger partial charge on any atom is -0.452 e. The Balaban J connectivity index is 1.63. The van der Waals surface area contributed by atoms with E-state index in [1.165, 1.54) is 0 Å². The summed E-state index contributed by atoms with van der Waals surface area (Å²) in [4.78, 5) is 7.79. The summed E-state index contributed by atoms with van der Waals surface area (Å²) in [5.41, 5.74) is 0.934. The molecule has 7 heteroatoms. The lowest BCUT2D eigenvalue weighted by molar-refractivity contribution is 0.156. The van der Waals surface area contributed by atoms with Crippen LogP contribution in [0.1, 0.15) is 23.5 Å². The van der Waals surface area contributed by atoms with E-state index in [2.05, 4.69) is 27.3 Å². The van der Waals surface area contributed by atoms with Crippen molar-refractivity contribution in [3.63, 3.8) is 0 Å². The van der Waals surface area contributed by atoms with Gasteiger partial charge in [-0.05, 0) is 48.6 Å². The lowest BCUT2D eigenvalue weighted by atomic mass is 10.0. The SMILES string of the molecule is COCCN1C(=S)N[C@@H](c2ccccn2)[C@H]1c1ccc(Sc2ccccc2)o1. The number of nitrogens with zero attached hydrogens (tertiary/aromatic N) is 2. The van der Waals surface area contributed by atoms with Gasteiger partial charge in [-0.15, -0.1) is 0 Å². The molecule has 3 heterocycles. The fourth-order valence-electron chi connectivity index (χ4n) is 3.30. The summed E-state index contributed by atoms with van der Waals surface area (Å²) in [6, 6.07) is 20.0. The summed E-state index contributed by atoms with van der Waals surface area (Å²) >= 11 is 7.21. The predicted molar refractivity (Wildman–Crippen MR) is 113 cm³/mol. The molecule has 1 fully saturated rings. The summed E-state index contributed by atoms with van der Waals surface area (Å²) in [5, 5.41) is 4.95. The second kappa shape index (κ2) is 8.77. The van der Waals surface area contributed by atoms with Crippen LogP contribution in [0.3, 0.4) is 0 Å². The molecule has 0 radical (unpaired) electrons. The molecule has 1 aliphatic heterocycles. The standard InChI is InChI=1S/C21H21N3O2S2/c1-25-14-13-24-20(19(23-21(24)27)16-9-5-6-12-22-16)17-10-11-18(26-17)28-15-7-3-2-4-8-15/h2-12,19-20H,13-14H2,1H3,(H,23,27)/t19-,20+/m0/s1. The van der Waals surface area contributed by atoms with Gasteiger partial charge in [-0.1, -0.05) is 36.0 Å². The fraction of sp³-hybridized carbons (Fsp3) is 0.238. The topological polar surface area (TPSA) is 50.5 Å². The fourth-order valence-corrected chi connectivity index (χ4v) is 4.43. The van der Waals surface area contributed by atoms with Crippen LogP contribution in [0.4, 0.5) is 0 Å². The van der Waals surface area contributed by atoms with Crippen LogP contribution in [-0.4, -0.2) is 35.3 Å². The number of hydrogen-bond acceptors (Lipinski definition) is 5. The van der Waals surface area contributed by atoms with Crippen molar-refractivity contribution in [3.05, 3.63) is 78.3 Å². The molecule has 5 nitrogen and oxygen atoms in total. The Labute approximate surface area is 174 Å². The zero-order valence-electron chi connectivity index (χ0n) is 15.4. The van der Waals surface area contributed by atoms with Gasteiger partial charge >= 0.3 is 0 Å². The highest BCUT2D eigenvalue weighted by atomic mass is 32.2. The number of rotatable bonds is 7. The van der Waals surface area contributed by atoms with E-state index in [1.807, 2.05) is 48.5 Å². The number of hydrogen-bond donors (Lipinski definition) is 1. The van der Waals surface area contributed by atoms with Gasteiger partial charge in [0.25, 0.3) is 0 Å². The summed E-state index contributed by atoms with van der Waals surface area (Å²) < 4.78 is 11.5. The third-order valence-corrected chi connectivity index (χ3v) is 5.87. The Hall–Kier alpha value is -2.35. The van der Waals surface area contributed by atoms with Crippen LogP contribution in [0.2, 0.25) is 0 Å². The van der Waals surface area contributed by atoms with Gasteiger partial charge in [0.1, 0.15) is 11.8 Å². The number of methoxy groups -OCH3 is 1. The molecule has 0 aliphatic carbocycles. The summed E-state index contributed by atoms with van der Waals surface area (Å²) in [5.74, 6) is 0.859. The molecule has 1 aliphatic rings. The number of pyridine rings is 1. The lowest BCUT2D eigenvalue weighted by Gasteiger charge is -2.25. The molecule has 0 spiro atoms. The minimum absolute atomic E-state index is 0.0775. The normalized spacial score (nSPS) is 19.0. The minimum atomic E-state index is -0.0809. The average molecular weight is 412 g/mol. The molecule has 4 rings (SSSR count). The highest BCUT2D eigenvalue weighted by Gasteiger charge is 2.41. The van der Waals surface area contributed by atoms with Crippen LogP contribution >= 0.6 is 24.0 Å². The van der Waals surface area contributed by atoms with Crippen molar-refractivity contribution in [2.24, 2.45) is 0 Å². The first-order valence-electron chi connectivity index (χ1n) is 9.06. The summed E-state index contributed by atoms with van der Waals surface area (Å²) in [6.07, 6.45) is 1.80. The van der Waals surface area contributed by atoms with E-state index in [0.29, 0.717) is 18.3 Å². The van der Waals surface area contributed by atoms with Crippen molar-refractivity contribution in [3.8, 4) is 0 Å². The van der Waals surface area contributed by atoms with Crippen molar-refractivity contribution in [1.82, 2.24) is 15.2 Å². The van der Waals surface area contributed by atoms with Gasteiger partial charge in [0.05, 0.1) is 18.3 Å². The van der Waals surface area contributed by atoms with Crippen LogP contribution < -0.4 is 5.32 Å². The Bertz CT molecular complexity index is 918. The molecule has 144 valence electrons. The van der Waals surface area contributed by atoms with Crippen LogP contribution in [0, 0.1) is 0 Å². The van der Waals surface area contributed by atoms with Crippen LogP contribution in [-0.2, 0) is 4.74 Å².